The first kappa shape index (κ1) is 14.7. The number of non-ortho nitro benzene ring substituents is 1. The van der Waals surface area contributed by atoms with Crippen LogP contribution in [0.1, 0.15) is 19.8 Å². The third kappa shape index (κ3) is 3.07. The van der Waals surface area contributed by atoms with Crippen LogP contribution in [0.2, 0.25) is 0 Å². The number of nitrogens with zero attached hydrogens (tertiary/aromatic N) is 1. The lowest BCUT2D eigenvalue weighted by Gasteiger charge is -2.15. The Hall–Kier alpha value is -1.67. The number of nitro benzene ring substituents is 1. The lowest BCUT2D eigenvalue weighted by molar-refractivity contribution is -0.385. The van der Waals surface area contributed by atoms with Gasteiger partial charge in [0.2, 0.25) is 10.0 Å². The van der Waals surface area contributed by atoms with E-state index in [1.807, 2.05) is 6.92 Å². The fourth-order valence-electron chi connectivity index (χ4n) is 2.05. The number of benzene rings is 1. The second-order valence-corrected chi connectivity index (χ2v) is 6.62. The minimum Gasteiger partial charge on any atom is -0.387 e. The smallest absolute Gasteiger partial charge is 0.270 e. The molecule has 0 saturated heterocycles. The van der Waals surface area contributed by atoms with E-state index in [0.29, 0.717) is 11.6 Å². The summed E-state index contributed by atoms with van der Waals surface area (Å²) in [5, 5.41) is 13.5. The van der Waals surface area contributed by atoms with Crippen molar-refractivity contribution in [2.45, 2.75) is 30.7 Å². The molecule has 2 rings (SSSR count). The van der Waals surface area contributed by atoms with E-state index in [1.165, 1.54) is 12.1 Å². The maximum absolute atomic E-state index is 12.4. The molecular weight excluding hydrogens is 282 g/mol. The Labute approximate surface area is 117 Å². The fraction of sp³-hybridized carbons (Fsp3) is 0.500. The highest BCUT2D eigenvalue weighted by Crippen LogP contribution is 2.34. The predicted molar refractivity (Wildman–Crippen MR) is 75.2 cm³/mol. The highest BCUT2D eigenvalue weighted by atomic mass is 32.2. The summed E-state index contributed by atoms with van der Waals surface area (Å²) in [5.41, 5.74) is 0.0922. The van der Waals surface area contributed by atoms with E-state index in [2.05, 4.69) is 10.0 Å². The van der Waals surface area contributed by atoms with Gasteiger partial charge in [0.1, 0.15) is 4.90 Å². The van der Waals surface area contributed by atoms with E-state index in [9.17, 15) is 18.5 Å². The summed E-state index contributed by atoms with van der Waals surface area (Å²) in [4.78, 5) is 10.1. The van der Waals surface area contributed by atoms with Crippen LogP contribution < -0.4 is 10.0 Å². The van der Waals surface area contributed by atoms with Crippen molar-refractivity contribution >= 4 is 21.4 Å². The van der Waals surface area contributed by atoms with Gasteiger partial charge in [-0.2, -0.15) is 0 Å². The summed E-state index contributed by atoms with van der Waals surface area (Å²) < 4.78 is 27.3. The summed E-state index contributed by atoms with van der Waals surface area (Å²) >= 11 is 0. The molecule has 110 valence electrons. The van der Waals surface area contributed by atoms with Crippen molar-refractivity contribution in [2.24, 2.45) is 5.92 Å². The second kappa shape index (κ2) is 5.37. The Balaban J connectivity index is 2.37. The molecule has 8 heteroatoms. The molecule has 0 spiro atoms. The molecule has 0 radical (unpaired) electrons. The molecule has 0 amide bonds. The maximum Gasteiger partial charge on any atom is 0.270 e. The van der Waals surface area contributed by atoms with Gasteiger partial charge in [-0.15, -0.1) is 0 Å². The summed E-state index contributed by atoms with van der Waals surface area (Å²) in [6, 6.07) is 3.58. The number of nitrogens with one attached hydrogen (secondary N) is 2. The Morgan fingerprint density at radius 1 is 1.40 bits per heavy atom. The van der Waals surface area contributed by atoms with Gasteiger partial charge >= 0.3 is 0 Å². The van der Waals surface area contributed by atoms with E-state index >= 15 is 0 Å². The van der Waals surface area contributed by atoms with Crippen molar-refractivity contribution in [1.29, 1.82) is 0 Å². The van der Waals surface area contributed by atoms with Crippen LogP contribution in [-0.2, 0) is 10.0 Å². The fourth-order valence-corrected chi connectivity index (χ4v) is 3.60. The number of anilines is 1. The molecule has 0 aromatic heterocycles. The second-order valence-electron chi connectivity index (χ2n) is 4.93. The van der Waals surface area contributed by atoms with Gasteiger partial charge < -0.3 is 5.32 Å². The number of hydrogen-bond acceptors (Lipinski definition) is 5. The first-order valence-electron chi connectivity index (χ1n) is 6.33. The van der Waals surface area contributed by atoms with Gasteiger partial charge in [-0.1, -0.05) is 0 Å². The van der Waals surface area contributed by atoms with Gasteiger partial charge in [-0.05, 0) is 31.7 Å². The van der Waals surface area contributed by atoms with Crippen molar-refractivity contribution in [3.05, 3.63) is 28.3 Å². The Bertz CT molecular complexity index is 626. The molecule has 1 aliphatic rings. The SMILES string of the molecule is CNc1ccc([N+](=O)[O-])cc1S(=O)(=O)NC(C)C1CC1. The number of rotatable bonds is 6. The summed E-state index contributed by atoms with van der Waals surface area (Å²) in [7, 11) is -2.21. The molecule has 1 aliphatic carbocycles. The normalized spacial score (nSPS) is 16.7. The van der Waals surface area contributed by atoms with Gasteiger partial charge in [-0.25, -0.2) is 13.1 Å². The van der Waals surface area contributed by atoms with Crippen LogP contribution in [0.25, 0.3) is 0 Å². The van der Waals surface area contributed by atoms with E-state index < -0.39 is 14.9 Å². The summed E-state index contributed by atoms with van der Waals surface area (Å²) in [6.07, 6.45) is 2.02. The molecule has 1 unspecified atom stereocenters. The van der Waals surface area contributed by atoms with Crippen molar-refractivity contribution in [3.63, 3.8) is 0 Å². The minimum atomic E-state index is -3.78. The van der Waals surface area contributed by atoms with Crippen molar-refractivity contribution < 1.29 is 13.3 Å². The molecular formula is C12H17N3O4S. The molecule has 1 aromatic carbocycles. The molecule has 1 saturated carbocycles. The molecule has 1 aromatic rings. The van der Waals surface area contributed by atoms with Crippen LogP contribution in [0, 0.1) is 16.0 Å². The van der Waals surface area contributed by atoms with Crippen LogP contribution in [0.3, 0.4) is 0 Å². The zero-order valence-corrected chi connectivity index (χ0v) is 12.1. The standard InChI is InChI=1S/C12H17N3O4S/c1-8(9-3-4-9)14-20(18,19)12-7-10(15(16)17)5-6-11(12)13-2/h5-9,13-14H,3-4H2,1-2H3. The third-order valence-electron chi connectivity index (χ3n) is 3.41. The first-order chi connectivity index (χ1) is 9.35. The molecule has 7 nitrogen and oxygen atoms in total. The number of nitro groups is 1. The largest absolute Gasteiger partial charge is 0.387 e. The Kier molecular flexibility index (Phi) is 3.96. The molecule has 1 fully saturated rings. The van der Waals surface area contributed by atoms with Crippen LogP contribution in [-0.4, -0.2) is 26.4 Å². The lowest BCUT2D eigenvalue weighted by Crippen LogP contribution is -2.34. The highest BCUT2D eigenvalue weighted by molar-refractivity contribution is 7.89. The average molecular weight is 299 g/mol. The minimum absolute atomic E-state index is 0.0956. The Morgan fingerprint density at radius 2 is 2.05 bits per heavy atom. The Morgan fingerprint density at radius 3 is 2.55 bits per heavy atom. The van der Waals surface area contributed by atoms with E-state index in [1.54, 1.807) is 7.05 Å². The maximum atomic E-state index is 12.4. The predicted octanol–water partition coefficient (Wildman–Crippen LogP) is 1.71. The third-order valence-corrected chi connectivity index (χ3v) is 5.00. The monoisotopic (exact) mass is 299 g/mol. The molecule has 2 N–H and O–H groups in total. The van der Waals surface area contributed by atoms with Crippen molar-refractivity contribution in [2.75, 3.05) is 12.4 Å². The van der Waals surface area contributed by atoms with E-state index in [-0.39, 0.29) is 16.6 Å². The zero-order valence-electron chi connectivity index (χ0n) is 11.3. The van der Waals surface area contributed by atoms with Gasteiger partial charge in [0.05, 0.1) is 10.6 Å². The van der Waals surface area contributed by atoms with Gasteiger partial charge in [0.15, 0.2) is 0 Å². The molecule has 0 aliphatic heterocycles. The molecule has 1 atom stereocenters. The van der Waals surface area contributed by atoms with Crippen molar-refractivity contribution in [1.82, 2.24) is 4.72 Å². The molecule has 0 bridgehead atoms. The summed E-state index contributed by atoms with van der Waals surface area (Å²) in [6.45, 7) is 1.81. The van der Waals surface area contributed by atoms with E-state index in [4.69, 9.17) is 0 Å². The quantitative estimate of drug-likeness (QED) is 0.615. The highest BCUT2D eigenvalue weighted by Gasteiger charge is 2.32. The van der Waals surface area contributed by atoms with Crippen LogP contribution in [0.5, 0.6) is 0 Å². The average Bonchev–Trinajstić information content (AvgIpc) is 3.21. The number of sulfonamides is 1. The first-order valence-corrected chi connectivity index (χ1v) is 7.82. The molecule has 0 heterocycles. The van der Waals surface area contributed by atoms with Crippen LogP contribution in [0.4, 0.5) is 11.4 Å². The topological polar surface area (TPSA) is 101 Å². The number of hydrogen-bond donors (Lipinski definition) is 2. The van der Waals surface area contributed by atoms with E-state index in [0.717, 1.165) is 18.9 Å². The zero-order chi connectivity index (χ0) is 14.9. The van der Waals surface area contributed by atoms with Gasteiger partial charge in [0, 0.05) is 25.2 Å². The van der Waals surface area contributed by atoms with Gasteiger partial charge in [0.25, 0.3) is 5.69 Å². The summed E-state index contributed by atoms with van der Waals surface area (Å²) in [5.74, 6) is 0.363. The van der Waals surface area contributed by atoms with Crippen LogP contribution in [0.15, 0.2) is 23.1 Å². The lowest BCUT2D eigenvalue weighted by atomic mass is 10.2. The van der Waals surface area contributed by atoms with Gasteiger partial charge in [-0.3, -0.25) is 10.1 Å². The van der Waals surface area contributed by atoms with Crippen molar-refractivity contribution in [3.8, 4) is 0 Å². The van der Waals surface area contributed by atoms with Crippen LogP contribution >= 0.6 is 0 Å². The molecule has 20 heavy (non-hydrogen) atoms.